The number of anilines is 5. The van der Waals surface area contributed by atoms with Crippen LogP contribution in [0.4, 0.5) is 33.8 Å². The number of likely N-dealkylation sites (N-methyl/N-ethyl adjacent to an activating group) is 3. The summed E-state index contributed by atoms with van der Waals surface area (Å²) < 4.78 is 31.7. The maximum Gasteiger partial charge on any atom is 0.407 e. The summed E-state index contributed by atoms with van der Waals surface area (Å²) in [5.41, 5.74) is 36.7. The average molecular weight is 1880 g/mol. The summed E-state index contributed by atoms with van der Waals surface area (Å²) in [5.74, 6) is 0.153. The number of carbonyl (C=O) groups is 4. The molecule has 0 bridgehead atoms. The number of aromatic nitrogens is 8. The van der Waals surface area contributed by atoms with Gasteiger partial charge in [0.2, 0.25) is 35.5 Å². The number of thiocarbonyl (C=S) groups is 1. The van der Waals surface area contributed by atoms with E-state index in [9.17, 15) is 24.3 Å². The van der Waals surface area contributed by atoms with E-state index in [2.05, 4.69) is 194 Å². The molecule has 3 aliphatic rings. The van der Waals surface area contributed by atoms with Gasteiger partial charge in [-0.05, 0) is 139 Å². The van der Waals surface area contributed by atoms with Gasteiger partial charge in [0, 0.05) is 146 Å². The number of thiophene rings is 3. The number of nitrogens with one attached hydrogen (secondary N) is 6. The molecular weight excluding hydrogens is 1770 g/mol. The number of H-pyrrole nitrogens is 2. The molecule has 0 atom stereocenters. The number of carbonyl (C=O) groups excluding carboxylic acids is 4. The van der Waals surface area contributed by atoms with E-state index in [1.54, 1.807) is 67.5 Å². The molecule has 33 nitrogen and oxygen atoms in total. The first-order valence-corrected chi connectivity index (χ1v) is 45.3. The third-order valence-electron chi connectivity index (χ3n) is 22.3. The largest absolute Gasteiger partial charge is 0.471 e. The molecule has 3 aliphatic carbocycles. The fourth-order valence-electron chi connectivity index (χ4n) is 14.9. The minimum atomic E-state index is -0.496. The van der Waals surface area contributed by atoms with Crippen molar-refractivity contribution in [1.82, 2.24) is 61.1 Å². The molecule has 15 rings (SSSR count). The summed E-state index contributed by atoms with van der Waals surface area (Å²) in [6, 6.07) is 40.9. The Morgan fingerprint density at radius 1 is 0.511 bits per heavy atom. The van der Waals surface area contributed by atoms with Crippen molar-refractivity contribution in [3.63, 3.8) is 0 Å². The van der Waals surface area contributed by atoms with Crippen LogP contribution < -0.4 is 62.6 Å². The van der Waals surface area contributed by atoms with Crippen molar-refractivity contribution in [2.75, 3.05) is 154 Å². The minimum absolute atomic E-state index is 0.0433. The van der Waals surface area contributed by atoms with Gasteiger partial charge in [0.05, 0.1) is 70.3 Å². The van der Waals surface area contributed by atoms with Gasteiger partial charge in [0.15, 0.2) is 22.6 Å². The first-order chi connectivity index (χ1) is 63.9. The van der Waals surface area contributed by atoms with Crippen molar-refractivity contribution in [2.45, 2.75) is 84.1 Å². The van der Waals surface area contributed by atoms with Crippen LogP contribution in [0, 0.1) is 19.7 Å². The first-order valence-electron chi connectivity index (χ1n) is 42.4. The Morgan fingerprint density at radius 3 is 1.28 bits per heavy atom. The molecule has 694 valence electrons. The Kier molecular flexibility index (Phi) is 34.9. The van der Waals surface area contributed by atoms with Crippen molar-refractivity contribution >= 4 is 139 Å². The number of ether oxygens (including phenoxy) is 6. The third kappa shape index (κ3) is 24.8. The molecule has 3 amide bonds. The normalized spacial score (nSPS) is 12.8. The predicted molar refractivity (Wildman–Crippen MR) is 528 cm³/mol. The number of benzene rings is 5. The van der Waals surface area contributed by atoms with Crippen molar-refractivity contribution in [2.24, 2.45) is 5.73 Å². The molecule has 133 heavy (non-hydrogen) atoms. The average Bonchev–Trinajstić information content (AvgIpc) is 1.58. The fourth-order valence-corrected chi connectivity index (χ4v) is 18.8. The lowest BCUT2D eigenvalue weighted by molar-refractivity contribution is -0.118. The highest BCUT2D eigenvalue weighted by Crippen LogP contribution is 2.56. The second-order valence-corrected chi connectivity index (χ2v) is 36.1. The van der Waals surface area contributed by atoms with Gasteiger partial charge in [-0.2, -0.15) is 19.9 Å². The fraction of sp³-hybridized carbons (Fsp3) is 0.333. The monoisotopic (exact) mass is 1880 g/mol. The van der Waals surface area contributed by atoms with Gasteiger partial charge in [-0.25, -0.2) is 31.0 Å². The Bertz CT molecular complexity index is 6320. The maximum absolute atomic E-state index is 12.5. The van der Waals surface area contributed by atoms with Crippen LogP contribution in [0.3, 0.4) is 0 Å². The number of nitrogens with zero attached hydrogens (tertiary/aromatic N) is 12. The number of aliphatic hydroxyl groups excluding tert-OH is 2. The van der Waals surface area contributed by atoms with Crippen LogP contribution in [-0.2, 0) is 71.1 Å². The molecule has 7 heterocycles. The van der Waals surface area contributed by atoms with Gasteiger partial charge in [-0.15, -0.1) is 34.0 Å². The molecule has 37 heteroatoms. The van der Waals surface area contributed by atoms with E-state index < -0.39 is 12.0 Å². The number of hydrogen-bond donors (Lipinski definition) is 11. The number of rotatable bonds is 34. The van der Waals surface area contributed by atoms with Crippen LogP contribution in [0.2, 0.25) is 0 Å². The van der Waals surface area contributed by atoms with E-state index in [0.717, 1.165) is 76.2 Å². The van der Waals surface area contributed by atoms with Gasteiger partial charge in [-0.1, -0.05) is 120 Å². The van der Waals surface area contributed by atoms with Crippen LogP contribution in [0.25, 0.3) is 80.3 Å². The molecule has 12 aromatic rings. The molecule has 0 unspecified atom stereocenters. The lowest BCUT2D eigenvalue weighted by Gasteiger charge is -2.24. The van der Waals surface area contributed by atoms with E-state index in [4.69, 9.17) is 82.7 Å². The third-order valence-corrected chi connectivity index (χ3v) is 25.9. The second-order valence-electron chi connectivity index (χ2n) is 32.4. The molecule has 0 radical (unpaired) electrons. The maximum atomic E-state index is 12.5. The zero-order valence-corrected chi connectivity index (χ0v) is 79.4. The molecule has 0 saturated carbocycles. The standard InChI is InChI=1S/C37H39N9O5S.C23H27N3O3S.C17H19NO2S.C13H14N6O.C6H10N2OS/c1-37(2)27-16-24(10-11-26(27)31-28(37)17-25(52-31)18-29(39-3)33(47)40-12-14-49-5)46(4)13-15-50-36(48)41-19-22-6-8-23(9-7-22)20-51-34-30-32(43-21-42-30)44-35(38)45-34;1-23(2)18-12-15(26(4)9-10-27)6-7-17(18)21-19(23)13-16(30-21)14-20(24-3)22(28)25-8-11-29-5;1-17(2)14-8-11(18(3)6-7-19)4-5-13(14)16-15(17)9-12(10-20)21-16;14-5-8-1-3-9(4-2-8)6-20-12-10-11(17-7-16-10)18-13(15)19-12;1-7-5-6(10)8-3-4-9-2/h6-11,16-18,21H,12-15,19-20H2,1-2,4-5H3,(H,40,47)(H,41,48)(H3,38,42,43,44,45);6-7,12-14,27H,8-11H2,1-2,4-5H3,(H,25,28);4-5,8-10,19H,6-7H2,1-3H3;1-4,7H,5-6,14H2,(H3,15,16,17,18,19);3-5H2,2H3,(H,8,10)/b29-18-;20-14-;;;. The number of aromatic amines is 2. The number of methoxy groups -OCH3 is 3. The van der Waals surface area contributed by atoms with Crippen LogP contribution in [0.5, 0.6) is 11.8 Å². The van der Waals surface area contributed by atoms with Crippen LogP contribution in [0.15, 0.2) is 145 Å². The van der Waals surface area contributed by atoms with Crippen molar-refractivity contribution in [1.29, 1.82) is 0 Å². The zero-order valence-electron chi connectivity index (χ0n) is 76.2. The Hall–Kier alpha value is -13.6. The van der Waals surface area contributed by atoms with Gasteiger partial charge in [-0.3, -0.25) is 14.4 Å². The lowest BCUT2D eigenvalue weighted by Crippen LogP contribution is -2.29. The number of nitrogens with two attached hydrogens (primary N) is 3. The number of aliphatic hydroxyl groups is 2. The highest BCUT2D eigenvalue weighted by molar-refractivity contribution is 7.80. The van der Waals surface area contributed by atoms with Gasteiger partial charge < -0.3 is 107 Å². The summed E-state index contributed by atoms with van der Waals surface area (Å²) in [4.78, 5) is 101. The van der Waals surface area contributed by atoms with E-state index in [-0.39, 0.29) is 78.4 Å². The van der Waals surface area contributed by atoms with E-state index in [1.807, 2.05) is 80.6 Å². The van der Waals surface area contributed by atoms with Gasteiger partial charge >= 0.3 is 6.09 Å². The summed E-state index contributed by atoms with van der Waals surface area (Å²) >= 11 is 9.53. The molecule has 14 N–H and O–H groups in total. The zero-order chi connectivity index (χ0) is 95.7. The Balaban J connectivity index is 0.000000177. The van der Waals surface area contributed by atoms with Crippen molar-refractivity contribution < 1.29 is 57.8 Å². The number of nitrogen functional groups attached to an aromatic ring is 2. The predicted octanol–water partition coefficient (Wildman–Crippen LogP) is 13.5. The van der Waals surface area contributed by atoms with Crippen LogP contribution in [0.1, 0.15) is 117 Å². The summed E-state index contributed by atoms with van der Waals surface area (Å²) in [6.45, 7) is 41.3. The molecule has 7 aromatic heterocycles. The van der Waals surface area contributed by atoms with Gasteiger partial charge in [0.25, 0.3) is 17.9 Å². The minimum Gasteiger partial charge on any atom is -0.471 e. The lowest BCUT2D eigenvalue weighted by atomic mass is 9.82. The quantitative estimate of drug-likeness (QED) is 0.00586. The smallest absolute Gasteiger partial charge is 0.407 e. The van der Waals surface area contributed by atoms with E-state index in [0.29, 0.717) is 118 Å². The second kappa shape index (κ2) is 46.5. The summed E-state index contributed by atoms with van der Waals surface area (Å²) in [7, 11) is 10.7. The Labute approximate surface area is 789 Å². The number of fused-ring (bicyclic) bond motifs is 11. The molecule has 0 aliphatic heterocycles. The van der Waals surface area contributed by atoms with Crippen LogP contribution >= 0.6 is 46.2 Å². The highest BCUT2D eigenvalue weighted by atomic mass is 32.1. The van der Waals surface area contributed by atoms with E-state index in [1.165, 1.54) is 61.4 Å². The number of aldehydes is 1. The topological polar surface area (TPSA) is 422 Å². The molecular formula is C96H109N21O12S4. The molecule has 5 aromatic carbocycles. The highest BCUT2D eigenvalue weighted by Gasteiger charge is 2.41. The number of imidazole rings is 2. The summed E-state index contributed by atoms with van der Waals surface area (Å²) in [5, 5.41) is 29.4. The van der Waals surface area contributed by atoms with E-state index >= 15 is 0 Å². The molecule has 0 saturated heterocycles. The van der Waals surface area contributed by atoms with Crippen molar-refractivity contribution in [3.8, 4) is 43.1 Å². The number of alkyl carbamates (subject to hydrolysis) is 1. The first kappa shape index (κ1) is 99.9. The number of amides is 3. The Morgan fingerprint density at radius 2 is 0.895 bits per heavy atom. The SMILES string of the molecule is CN(CCO)c1ccc2c(c1)C(C)(C)c1cc(C=O)sc1-2.NCc1ccc(COc2nc(N)nc3nc[nH]c23)cc1.[C-]#[N+]/C(=C\c1cc2c(s1)-c1ccc(N(C)CCO)cc1C2(C)C)C(=O)NCCOC.[C-]#[N+]/C(=C\c1cc2c(s1)-c1ccc(N(C)CCOC(=O)NCc3ccc(COc4nc(N)nc5nc[nH]c45)cc3)cc1C2(C)C)C(=O)NCCOC.[C-]#[N+]CC(=S)NCCOC. The van der Waals surface area contributed by atoms with Gasteiger partial charge in [0.1, 0.15) is 30.9 Å². The van der Waals surface area contributed by atoms with Crippen molar-refractivity contribution in [3.05, 3.63) is 250 Å². The molecule has 0 fully saturated rings. The van der Waals surface area contributed by atoms with Crippen LogP contribution in [-0.4, -0.2) is 207 Å². The summed E-state index contributed by atoms with van der Waals surface area (Å²) in [6.07, 6.45) is 6.79. The molecule has 0 spiro atoms. The number of hydrogen-bond acceptors (Lipinski definition) is 28.